The Hall–Kier alpha value is -2.87. The van der Waals surface area contributed by atoms with Crippen molar-refractivity contribution in [2.45, 2.75) is 0 Å². The van der Waals surface area contributed by atoms with Crippen molar-refractivity contribution in [2.24, 2.45) is 0 Å². The summed E-state index contributed by atoms with van der Waals surface area (Å²) >= 11 is 3.39. The van der Waals surface area contributed by atoms with Crippen LogP contribution in [0.4, 0.5) is 11.5 Å². The van der Waals surface area contributed by atoms with E-state index in [1.165, 1.54) is 6.33 Å². The summed E-state index contributed by atoms with van der Waals surface area (Å²) in [4.78, 5) is 13.0. The minimum Gasteiger partial charge on any atom is -0.493 e. The summed E-state index contributed by atoms with van der Waals surface area (Å²) in [5.74, 6) is 1.82. The number of hydrogen-bond donors (Lipinski definition) is 1. The molecular formula is C17H13BrN4O3. The number of furan rings is 1. The van der Waals surface area contributed by atoms with Gasteiger partial charge in [0.05, 0.1) is 14.2 Å². The largest absolute Gasteiger partial charge is 0.493 e. The van der Waals surface area contributed by atoms with Crippen LogP contribution in [0.3, 0.4) is 0 Å². The van der Waals surface area contributed by atoms with Crippen LogP contribution in [0.2, 0.25) is 0 Å². The fourth-order valence-electron chi connectivity index (χ4n) is 2.57. The third kappa shape index (κ3) is 2.74. The van der Waals surface area contributed by atoms with Crippen LogP contribution in [0, 0.1) is 0 Å². The number of ether oxygens (including phenoxy) is 2. The lowest BCUT2D eigenvalue weighted by molar-refractivity contribution is 0.355. The first-order chi connectivity index (χ1) is 12.2. The predicted octanol–water partition coefficient (Wildman–Crippen LogP) is 4.29. The first-order valence-electron chi connectivity index (χ1n) is 7.37. The molecule has 0 radical (unpaired) electrons. The third-order valence-corrected chi connectivity index (χ3v) is 4.14. The monoisotopic (exact) mass is 400 g/mol. The molecule has 1 N–H and O–H groups in total. The average Bonchev–Trinajstić information content (AvgIpc) is 3.00. The number of fused-ring (bicyclic) bond motifs is 3. The molecule has 0 fully saturated rings. The number of rotatable bonds is 4. The van der Waals surface area contributed by atoms with Gasteiger partial charge < -0.3 is 19.2 Å². The molecule has 0 unspecified atom stereocenters. The Balaban J connectivity index is 1.80. The fourth-order valence-corrected chi connectivity index (χ4v) is 2.88. The molecule has 7 nitrogen and oxygen atoms in total. The van der Waals surface area contributed by atoms with E-state index in [2.05, 4.69) is 36.2 Å². The van der Waals surface area contributed by atoms with Crippen molar-refractivity contribution in [3.63, 3.8) is 0 Å². The topological polar surface area (TPSA) is 82.3 Å². The summed E-state index contributed by atoms with van der Waals surface area (Å²) in [6, 6.07) is 7.36. The van der Waals surface area contributed by atoms with Gasteiger partial charge in [-0.05, 0) is 34.1 Å². The van der Waals surface area contributed by atoms with Crippen molar-refractivity contribution in [2.75, 3.05) is 19.5 Å². The maximum Gasteiger partial charge on any atom is 0.198 e. The lowest BCUT2D eigenvalue weighted by atomic mass is 10.2. The highest BCUT2D eigenvalue weighted by Crippen LogP contribution is 2.34. The van der Waals surface area contributed by atoms with Crippen molar-refractivity contribution in [1.82, 2.24) is 15.0 Å². The van der Waals surface area contributed by atoms with Crippen LogP contribution in [0.5, 0.6) is 11.5 Å². The van der Waals surface area contributed by atoms with Gasteiger partial charge in [0.1, 0.15) is 17.4 Å². The maximum atomic E-state index is 5.90. The van der Waals surface area contributed by atoms with Crippen molar-refractivity contribution in [1.29, 1.82) is 0 Å². The summed E-state index contributed by atoms with van der Waals surface area (Å²) in [5, 5.41) is 3.23. The van der Waals surface area contributed by atoms with Crippen LogP contribution in [0.15, 0.2) is 45.7 Å². The van der Waals surface area contributed by atoms with Crippen LogP contribution < -0.4 is 14.8 Å². The molecule has 0 bridgehead atoms. The number of nitrogens with zero attached hydrogens (tertiary/aromatic N) is 3. The van der Waals surface area contributed by atoms with E-state index in [1.54, 1.807) is 20.4 Å². The number of anilines is 2. The van der Waals surface area contributed by atoms with Crippen molar-refractivity contribution >= 4 is 49.6 Å². The molecule has 3 heterocycles. The minimum atomic E-state index is 0.540. The molecule has 0 aliphatic heterocycles. The second-order valence-electron chi connectivity index (χ2n) is 5.20. The number of hydrogen-bond acceptors (Lipinski definition) is 7. The van der Waals surface area contributed by atoms with E-state index >= 15 is 0 Å². The Morgan fingerprint density at radius 3 is 2.64 bits per heavy atom. The van der Waals surface area contributed by atoms with E-state index in [-0.39, 0.29) is 0 Å². The number of nitrogens with one attached hydrogen (secondary N) is 1. The number of pyridine rings is 1. The molecule has 0 atom stereocenters. The van der Waals surface area contributed by atoms with Gasteiger partial charge in [0, 0.05) is 22.4 Å². The summed E-state index contributed by atoms with van der Waals surface area (Å²) < 4.78 is 17.3. The van der Waals surface area contributed by atoms with E-state index in [1.807, 2.05) is 24.3 Å². The molecule has 0 saturated carbocycles. The smallest absolute Gasteiger partial charge is 0.198 e. The highest BCUT2D eigenvalue weighted by atomic mass is 79.9. The minimum absolute atomic E-state index is 0.540. The van der Waals surface area contributed by atoms with E-state index in [0.29, 0.717) is 39.5 Å². The predicted molar refractivity (Wildman–Crippen MR) is 97.6 cm³/mol. The van der Waals surface area contributed by atoms with Gasteiger partial charge in [-0.25, -0.2) is 15.0 Å². The Labute approximate surface area is 151 Å². The fraction of sp³-hybridized carbons (Fsp3) is 0.118. The highest BCUT2D eigenvalue weighted by Gasteiger charge is 2.15. The van der Waals surface area contributed by atoms with Crippen LogP contribution in [0.1, 0.15) is 0 Å². The molecular weight excluding hydrogens is 388 g/mol. The molecule has 3 aromatic heterocycles. The van der Waals surface area contributed by atoms with Crippen LogP contribution in [-0.4, -0.2) is 29.2 Å². The lowest BCUT2D eigenvalue weighted by Crippen LogP contribution is -1.97. The molecule has 25 heavy (non-hydrogen) atoms. The summed E-state index contributed by atoms with van der Waals surface area (Å²) in [5.41, 5.74) is 3.31. The lowest BCUT2D eigenvalue weighted by Gasteiger charge is -2.10. The zero-order valence-electron chi connectivity index (χ0n) is 13.4. The van der Waals surface area contributed by atoms with Crippen LogP contribution >= 0.6 is 15.9 Å². The van der Waals surface area contributed by atoms with Gasteiger partial charge in [-0.3, -0.25) is 0 Å². The van der Waals surface area contributed by atoms with Gasteiger partial charge in [-0.15, -0.1) is 0 Å². The Kier molecular flexibility index (Phi) is 3.89. The molecule has 0 aliphatic carbocycles. The number of aromatic nitrogens is 3. The van der Waals surface area contributed by atoms with Crippen molar-refractivity contribution in [3.05, 3.63) is 41.3 Å². The number of benzene rings is 1. The molecule has 4 aromatic rings. The summed E-state index contributed by atoms with van der Waals surface area (Å²) in [6.45, 7) is 0. The second-order valence-corrected chi connectivity index (χ2v) is 6.11. The quantitative estimate of drug-likeness (QED) is 0.546. The van der Waals surface area contributed by atoms with Gasteiger partial charge in [-0.2, -0.15) is 0 Å². The van der Waals surface area contributed by atoms with Gasteiger partial charge >= 0.3 is 0 Å². The molecule has 4 rings (SSSR count). The SMILES string of the molecule is COc1ccc(Nc2ncnc3c2oc2cc(Br)cnc23)cc1OC. The van der Waals surface area contributed by atoms with Crippen LogP contribution in [0.25, 0.3) is 22.2 Å². The van der Waals surface area contributed by atoms with Gasteiger partial charge in [-0.1, -0.05) is 0 Å². The van der Waals surface area contributed by atoms with Crippen molar-refractivity contribution < 1.29 is 13.9 Å². The van der Waals surface area contributed by atoms with E-state index < -0.39 is 0 Å². The average molecular weight is 401 g/mol. The van der Waals surface area contributed by atoms with E-state index in [0.717, 1.165) is 10.2 Å². The number of methoxy groups -OCH3 is 2. The Morgan fingerprint density at radius 1 is 1.00 bits per heavy atom. The van der Waals surface area contributed by atoms with Crippen LogP contribution in [-0.2, 0) is 0 Å². The molecule has 0 saturated heterocycles. The molecule has 0 spiro atoms. The first kappa shape index (κ1) is 15.6. The van der Waals surface area contributed by atoms with E-state index in [9.17, 15) is 0 Å². The zero-order valence-corrected chi connectivity index (χ0v) is 15.0. The summed E-state index contributed by atoms with van der Waals surface area (Å²) in [7, 11) is 3.19. The molecule has 0 aliphatic rings. The maximum absolute atomic E-state index is 5.90. The second kappa shape index (κ2) is 6.21. The summed E-state index contributed by atoms with van der Waals surface area (Å²) in [6.07, 6.45) is 3.19. The zero-order chi connectivity index (χ0) is 17.4. The normalized spacial score (nSPS) is 11.0. The standard InChI is InChI=1S/C17H13BrN4O3/c1-23-11-4-3-10(6-12(11)24-2)22-17-16-15(20-8-21-17)14-13(25-16)5-9(18)7-19-14/h3-8H,1-2H3,(H,20,21,22). The number of halogens is 1. The Morgan fingerprint density at radius 2 is 1.84 bits per heavy atom. The first-order valence-corrected chi connectivity index (χ1v) is 8.16. The van der Waals surface area contributed by atoms with Gasteiger partial charge in [0.2, 0.25) is 0 Å². The highest BCUT2D eigenvalue weighted by molar-refractivity contribution is 9.10. The third-order valence-electron chi connectivity index (χ3n) is 3.71. The van der Waals surface area contributed by atoms with Gasteiger partial charge in [0.25, 0.3) is 0 Å². The molecule has 1 aromatic carbocycles. The molecule has 0 amide bonds. The van der Waals surface area contributed by atoms with Crippen molar-refractivity contribution in [3.8, 4) is 11.5 Å². The van der Waals surface area contributed by atoms with Gasteiger partial charge in [0.15, 0.2) is 28.5 Å². The van der Waals surface area contributed by atoms with E-state index in [4.69, 9.17) is 13.9 Å². The molecule has 8 heteroatoms. The Bertz CT molecular complexity index is 1080. The molecule has 126 valence electrons.